The zero-order chi connectivity index (χ0) is 11.7. The average molecular weight is 218 g/mol. The lowest BCUT2D eigenvalue weighted by molar-refractivity contribution is 0.102. The lowest BCUT2D eigenvalue weighted by Gasteiger charge is -2.02. The predicted octanol–water partition coefficient (Wildman–Crippen LogP) is 1.32. The summed E-state index contributed by atoms with van der Waals surface area (Å²) >= 11 is 0. The molecule has 0 atom stereocenters. The fourth-order valence-electron chi connectivity index (χ4n) is 1.53. The molecule has 84 valence electrons. The van der Waals surface area contributed by atoms with Gasteiger partial charge in [0.25, 0.3) is 5.91 Å². The fraction of sp³-hybridized carbons (Fsp3) is 0.273. The summed E-state index contributed by atoms with van der Waals surface area (Å²) in [6.45, 7) is 1.91. The second-order valence-electron chi connectivity index (χ2n) is 3.78. The zero-order valence-electron chi connectivity index (χ0n) is 9.56. The van der Waals surface area contributed by atoms with Crippen LogP contribution in [0.2, 0.25) is 0 Å². The van der Waals surface area contributed by atoms with Crippen molar-refractivity contribution >= 4 is 11.6 Å². The molecule has 0 aliphatic carbocycles. The van der Waals surface area contributed by atoms with E-state index in [4.69, 9.17) is 0 Å². The molecule has 2 aromatic heterocycles. The highest BCUT2D eigenvalue weighted by Gasteiger charge is 2.11. The van der Waals surface area contributed by atoms with Crippen molar-refractivity contribution in [3.05, 3.63) is 35.9 Å². The molecule has 16 heavy (non-hydrogen) atoms. The number of nitrogens with one attached hydrogen (secondary N) is 1. The number of rotatable bonds is 2. The van der Waals surface area contributed by atoms with Crippen molar-refractivity contribution in [2.45, 2.75) is 6.92 Å². The second kappa shape index (κ2) is 3.84. The molecule has 5 heteroatoms. The van der Waals surface area contributed by atoms with Gasteiger partial charge in [-0.25, -0.2) is 0 Å². The molecular formula is C11H14N4O. The van der Waals surface area contributed by atoms with Crippen LogP contribution in [0.15, 0.2) is 24.7 Å². The molecular weight excluding hydrogens is 204 g/mol. The first kappa shape index (κ1) is 10.5. The standard InChI is InChI=1S/C11H14N4O/c1-8-10(4-5-14(8)2)11(16)13-9-6-12-15(3)7-9/h4-7H,1-3H3,(H,13,16). The van der Waals surface area contributed by atoms with E-state index >= 15 is 0 Å². The number of hydrogen-bond donors (Lipinski definition) is 1. The molecule has 0 saturated heterocycles. The first-order chi connectivity index (χ1) is 7.58. The minimum absolute atomic E-state index is 0.105. The van der Waals surface area contributed by atoms with Gasteiger partial charge in [0, 0.05) is 32.2 Å². The predicted molar refractivity (Wildman–Crippen MR) is 61.3 cm³/mol. The molecule has 2 aromatic rings. The molecule has 2 heterocycles. The molecule has 0 aromatic carbocycles. The first-order valence-corrected chi connectivity index (χ1v) is 5.00. The van der Waals surface area contributed by atoms with Gasteiger partial charge in [-0.05, 0) is 13.0 Å². The Morgan fingerprint density at radius 1 is 1.44 bits per heavy atom. The molecule has 0 aliphatic heterocycles. The number of carbonyl (C=O) groups is 1. The quantitative estimate of drug-likeness (QED) is 0.826. The topological polar surface area (TPSA) is 51.9 Å². The Hall–Kier alpha value is -2.04. The van der Waals surface area contributed by atoms with Crippen molar-refractivity contribution in [3.63, 3.8) is 0 Å². The van der Waals surface area contributed by atoms with E-state index in [2.05, 4.69) is 10.4 Å². The summed E-state index contributed by atoms with van der Waals surface area (Å²) in [5, 5.41) is 6.79. The number of anilines is 1. The Labute approximate surface area is 93.7 Å². The molecule has 2 rings (SSSR count). The molecule has 5 nitrogen and oxygen atoms in total. The van der Waals surface area contributed by atoms with Crippen molar-refractivity contribution in [1.29, 1.82) is 0 Å². The Balaban J connectivity index is 2.18. The van der Waals surface area contributed by atoms with Crippen molar-refractivity contribution in [2.75, 3.05) is 5.32 Å². The Bertz CT molecular complexity index is 524. The van der Waals surface area contributed by atoms with Crippen molar-refractivity contribution in [2.24, 2.45) is 14.1 Å². The summed E-state index contributed by atoms with van der Waals surface area (Å²) in [5.41, 5.74) is 2.34. The van der Waals surface area contributed by atoms with E-state index in [-0.39, 0.29) is 5.91 Å². The van der Waals surface area contributed by atoms with Gasteiger partial charge in [-0.3, -0.25) is 9.48 Å². The van der Waals surface area contributed by atoms with Gasteiger partial charge in [-0.15, -0.1) is 0 Å². The molecule has 0 saturated carbocycles. The van der Waals surface area contributed by atoms with E-state index in [1.807, 2.05) is 31.8 Å². The number of amides is 1. The molecule has 0 unspecified atom stereocenters. The van der Waals surface area contributed by atoms with Gasteiger partial charge in [0.05, 0.1) is 17.4 Å². The zero-order valence-corrected chi connectivity index (χ0v) is 9.56. The number of aromatic nitrogens is 3. The third-order valence-electron chi connectivity index (χ3n) is 2.59. The van der Waals surface area contributed by atoms with Crippen LogP contribution in [0, 0.1) is 6.92 Å². The minimum Gasteiger partial charge on any atom is -0.354 e. The Kier molecular flexibility index (Phi) is 2.52. The smallest absolute Gasteiger partial charge is 0.257 e. The number of hydrogen-bond acceptors (Lipinski definition) is 2. The maximum Gasteiger partial charge on any atom is 0.257 e. The van der Waals surface area contributed by atoms with Gasteiger partial charge >= 0.3 is 0 Å². The second-order valence-corrected chi connectivity index (χ2v) is 3.78. The van der Waals surface area contributed by atoms with Crippen LogP contribution in [0.3, 0.4) is 0 Å². The molecule has 0 spiro atoms. The van der Waals surface area contributed by atoms with Gasteiger partial charge in [-0.1, -0.05) is 0 Å². The van der Waals surface area contributed by atoms with E-state index in [1.165, 1.54) is 0 Å². The molecule has 1 N–H and O–H groups in total. The Morgan fingerprint density at radius 2 is 2.19 bits per heavy atom. The largest absolute Gasteiger partial charge is 0.354 e. The first-order valence-electron chi connectivity index (χ1n) is 5.00. The van der Waals surface area contributed by atoms with Crippen LogP contribution in [-0.4, -0.2) is 20.3 Å². The summed E-state index contributed by atoms with van der Waals surface area (Å²) < 4.78 is 3.56. The monoisotopic (exact) mass is 218 g/mol. The average Bonchev–Trinajstić information content (AvgIpc) is 2.76. The maximum atomic E-state index is 11.9. The summed E-state index contributed by atoms with van der Waals surface area (Å²) in [5.74, 6) is -0.105. The maximum absolute atomic E-state index is 11.9. The van der Waals surface area contributed by atoms with Crippen LogP contribution in [-0.2, 0) is 14.1 Å². The number of nitrogens with zero attached hydrogens (tertiary/aromatic N) is 3. The van der Waals surface area contributed by atoms with Crippen molar-refractivity contribution in [1.82, 2.24) is 14.3 Å². The van der Waals surface area contributed by atoms with Crippen molar-refractivity contribution < 1.29 is 4.79 Å². The van der Waals surface area contributed by atoms with Crippen LogP contribution in [0.5, 0.6) is 0 Å². The normalized spacial score (nSPS) is 10.4. The highest BCUT2D eigenvalue weighted by Crippen LogP contribution is 2.11. The highest BCUT2D eigenvalue weighted by molar-refractivity contribution is 6.05. The lowest BCUT2D eigenvalue weighted by Crippen LogP contribution is -2.12. The van der Waals surface area contributed by atoms with Crippen molar-refractivity contribution in [3.8, 4) is 0 Å². The SMILES string of the molecule is Cc1c(C(=O)Nc2cnn(C)c2)ccn1C. The fourth-order valence-corrected chi connectivity index (χ4v) is 1.53. The van der Waals surface area contributed by atoms with Crippen LogP contribution >= 0.6 is 0 Å². The van der Waals surface area contributed by atoms with E-state index in [0.717, 1.165) is 5.69 Å². The van der Waals surface area contributed by atoms with E-state index < -0.39 is 0 Å². The van der Waals surface area contributed by atoms with Crippen LogP contribution in [0.1, 0.15) is 16.1 Å². The molecule has 0 fully saturated rings. The molecule has 1 amide bonds. The van der Waals surface area contributed by atoms with Gasteiger partial charge in [0.2, 0.25) is 0 Å². The lowest BCUT2D eigenvalue weighted by atomic mass is 10.2. The number of aryl methyl sites for hydroxylation is 2. The summed E-state index contributed by atoms with van der Waals surface area (Å²) in [7, 11) is 3.72. The highest BCUT2D eigenvalue weighted by atomic mass is 16.1. The van der Waals surface area contributed by atoms with Gasteiger partial charge in [-0.2, -0.15) is 5.10 Å². The minimum atomic E-state index is -0.105. The molecule has 0 bridgehead atoms. The van der Waals surface area contributed by atoms with E-state index in [0.29, 0.717) is 11.3 Å². The van der Waals surface area contributed by atoms with E-state index in [1.54, 1.807) is 23.1 Å². The van der Waals surface area contributed by atoms with E-state index in [9.17, 15) is 4.79 Å². The van der Waals surface area contributed by atoms with Gasteiger partial charge in [0.1, 0.15) is 0 Å². The number of carbonyl (C=O) groups excluding carboxylic acids is 1. The third-order valence-corrected chi connectivity index (χ3v) is 2.59. The Morgan fingerprint density at radius 3 is 2.69 bits per heavy atom. The van der Waals surface area contributed by atoms with Crippen LogP contribution < -0.4 is 5.32 Å². The molecule has 0 aliphatic rings. The van der Waals surface area contributed by atoms with Crippen LogP contribution in [0.25, 0.3) is 0 Å². The summed E-state index contributed by atoms with van der Waals surface area (Å²) in [6.07, 6.45) is 5.25. The van der Waals surface area contributed by atoms with Gasteiger partial charge < -0.3 is 9.88 Å². The van der Waals surface area contributed by atoms with Crippen LogP contribution in [0.4, 0.5) is 5.69 Å². The summed E-state index contributed by atoms with van der Waals surface area (Å²) in [4.78, 5) is 11.9. The van der Waals surface area contributed by atoms with Gasteiger partial charge in [0.15, 0.2) is 0 Å². The molecule has 0 radical (unpaired) electrons. The third kappa shape index (κ3) is 1.84. The summed E-state index contributed by atoms with van der Waals surface area (Å²) in [6, 6.07) is 1.81.